The molecule has 2 rings (SSSR count). The van der Waals surface area contributed by atoms with Crippen LogP contribution in [-0.2, 0) is 6.54 Å². The number of anilines is 1. The van der Waals surface area contributed by atoms with Gasteiger partial charge in [0.05, 0.1) is 12.2 Å². The van der Waals surface area contributed by atoms with E-state index in [0.717, 1.165) is 11.4 Å². The van der Waals surface area contributed by atoms with Crippen LogP contribution in [0.4, 0.5) is 5.82 Å². The number of aromatic nitrogens is 2. The van der Waals surface area contributed by atoms with Gasteiger partial charge in [0, 0.05) is 39.1 Å². The Bertz CT molecular complexity index is 626. The molecule has 0 unspecified atom stereocenters. The predicted octanol–water partition coefficient (Wildman–Crippen LogP) is 1.87. The van der Waals surface area contributed by atoms with Gasteiger partial charge in [0.15, 0.2) is 0 Å². The van der Waals surface area contributed by atoms with Gasteiger partial charge in [-0.05, 0) is 30.7 Å². The summed E-state index contributed by atoms with van der Waals surface area (Å²) in [5, 5.41) is 2.86. The van der Waals surface area contributed by atoms with Crippen molar-refractivity contribution in [3.63, 3.8) is 0 Å². The highest BCUT2D eigenvalue weighted by Gasteiger charge is 2.07. The van der Waals surface area contributed by atoms with Crippen molar-refractivity contribution in [3.8, 4) is 5.88 Å². The van der Waals surface area contributed by atoms with Gasteiger partial charge in [0.25, 0.3) is 5.91 Å². The topological polar surface area (TPSA) is 67.3 Å². The molecule has 0 saturated carbocycles. The number of amides is 1. The van der Waals surface area contributed by atoms with Gasteiger partial charge in [-0.1, -0.05) is 0 Å². The van der Waals surface area contributed by atoms with E-state index < -0.39 is 0 Å². The van der Waals surface area contributed by atoms with E-state index in [1.807, 2.05) is 44.1 Å². The van der Waals surface area contributed by atoms with Gasteiger partial charge in [-0.2, -0.15) is 0 Å². The zero-order valence-electron chi connectivity index (χ0n) is 13.0. The molecule has 6 heteroatoms. The first kappa shape index (κ1) is 15.8. The van der Waals surface area contributed by atoms with Crippen LogP contribution in [0.3, 0.4) is 0 Å². The lowest BCUT2D eigenvalue weighted by Crippen LogP contribution is -2.23. The van der Waals surface area contributed by atoms with Crippen LogP contribution in [0.1, 0.15) is 22.8 Å². The van der Waals surface area contributed by atoms with Crippen LogP contribution in [0.15, 0.2) is 36.7 Å². The summed E-state index contributed by atoms with van der Waals surface area (Å²) in [5.41, 5.74) is 1.47. The average molecular weight is 300 g/mol. The third-order valence-corrected chi connectivity index (χ3v) is 3.01. The van der Waals surface area contributed by atoms with Crippen molar-refractivity contribution in [1.29, 1.82) is 0 Å². The normalized spacial score (nSPS) is 10.1. The number of carbonyl (C=O) groups excluding carboxylic acids is 1. The first-order valence-electron chi connectivity index (χ1n) is 7.09. The second-order valence-electron chi connectivity index (χ2n) is 4.92. The van der Waals surface area contributed by atoms with Crippen LogP contribution < -0.4 is 15.0 Å². The summed E-state index contributed by atoms with van der Waals surface area (Å²) in [6.45, 7) is 2.88. The second kappa shape index (κ2) is 7.40. The molecule has 2 heterocycles. The highest BCUT2D eigenvalue weighted by atomic mass is 16.5. The SMILES string of the molecule is CCOc1cc(CNC(=O)c2ccc(N(C)C)nc2)ccn1. The molecule has 1 amide bonds. The van der Waals surface area contributed by atoms with Crippen LogP contribution in [0.25, 0.3) is 0 Å². The summed E-state index contributed by atoms with van der Waals surface area (Å²) >= 11 is 0. The number of rotatable bonds is 6. The van der Waals surface area contributed by atoms with Crippen molar-refractivity contribution < 1.29 is 9.53 Å². The number of hydrogen-bond donors (Lipinski definition) is 1. The lowest BCUT2D eigenvalue weighted by Gasteiger charge is -2.11. The second-order valence-corrected chi connectivity index (χ2v) is 4.92. The Balaban J connectivity index is 1.96. The Morgan fingerprint density at radius 2 is 2.09 bits per heavy atom. The van der Waals surface area contributed by atoms with Gasteiger partial charge in [-0.3, -0.25) is 4.79 Å². The van der Waals surface area contributed by atoms with Crippen LogP contribution in [0.5, 0.6) is 5.88 Å². The number of nitrogens with one attached hydrogen (secondary N) is 1. The quantitative estimate of drug-likeness (QED) is 0.882. The van der Waals surface area contributed by atoms with Gasteiger partial charge in [-0.15, -0.1) is 0 Å². The molecule has 0 fully saturated rings. The van der Waals surface area contributed by atoms with Gasteiger partial charge >= 0.3 is 0 Å². The van der Waals surface area contributed by atoms with Crippen molar-refractivity contribution >= 4 is 11.7 Å². The van der Waals surface area contributed by atoms with Crippen molar-refractivity contribution in [1.82, 2.24) is 15.3 Å². The fourth-order valence-corrected chi connectivity index (χ4v) is 1.86. The molecule has 0 saturated heterocycles. The molecule has 0 bridgehead atoms. The molecule has 0 atom stereocenters. The molecule has 0 aliphatic heterocycles. The van der Waals surface area contributed by atoms with E-state index in [1.165, 1.54) is 0 Å². The Kier molecular flexibility index (Phi) is 5.30. The highest BCUT2D eigenvalue weighted by Crippen LogP contribution is 2.10. The first-order valence-corrected chi connectivity index (χ1v) is 7.09. The molecule has 0 spiro atoms. The third kappa shape index (κ3) is 4.18. The zero-order valence-corrected chi connectivity index (χ0v) is 13.0. The summed E-state index contributed by atoms with van der Waals surface area (Å²) in [6, 6.07) is 7.23. The van der Waals surface area contributed by atoms with Crippen molar-refractivity contribution in [2.75, 3.05) is 25.6 Å². The number of ether oxygens (including phenoxy) is 1. The smallest absolute Gasteiger partial charge is 0.253 e. The van der Waals surface area contributed by atoms with Crippen molar-refractivity contribution in [2.24, 2.45) is 0 Å². The molecule has 0 aliphatic carbocycles. The highest BCUT2D eigenvalue weighted by molar-refractivity contribution is 5.94. The van der Waals surface area contributed by atoms with E-state index >= 15 is 0 Å². The van der Waals surface area contributed by atoms with Crippen LogP contribution >= 0.6 is 0 Å². The van der Waals surface area contributed by atoms with Crippen LogP contribution in [0.2, 0.25) is 0 Å². The summed E-state index contributed by atoms with van der Waals surface area (Å²) in [4.78, 5) is 22.3. The van der Waals surface area contributed by atoms with Crippen molar-refractivity contribution in [3.05, 3.63) is 47.8 Å². The number of carbonyl (C=O) groups is 1. The van der Waals surface area contributed by atoms with Gasteiger partial charge in [0.2, 0.25) is 5.88 Å². The summed E-state index contributed by atoms with van der Waals surface area (Å²) in [5.74, 6) is 1.21. The monoisotopic (exact) mass is 300 g/mol. The van der Waals surface area contributed by atoms with E-state index in [-0.39, 0.29) is 5.91 Å². The molecule has 0 aromatic carbocycles. The maximum Gasteiger partial charge on any atom is 0.253 e. The molecular weight excluding hydrogens is 280 g/mol. The summed E-state index contributed by atoms with van der Waals surface area (Å²) < 4.78 is 5.34. The summed E-state index contributed by atoms with van der Waals surface area (Å²) in [7, 11) is 3.81. The Morgan fingerprint density at radius 1 is 1.27 bits per heavy atom. The number of hydrogen-bond acceptors (Lipinski definition) is 5. The van der Waals surface area contributed by atoms with Crippen LogP contribution in [0, 0.1) is 0 Å². The van der Waals surface area contributed by atoms with E-state index in [0.29, 0.717) is 24.6 Å². The maximum atomic E-state index is 12.1. The van der Waals surface area contributed by atoms with Gasteiger partial charge in [-0.25, -0.2) is 9.97 Å². The van der Waals surface area contributed by atoms with E-state index in [2.05, 4.69) is 15.3 Å². The van der Waals surface area contributed by atoms with Gasteiger partial charge in [0.1, 0.15) is 5.82 Å². The summed E-state index contributed by atoms with van der Waals surface area (Å²) in [6.07, 6.45) is 3.24. The molecule has 116 valence electrons. The molecule has 0 aliphatic rings. The minimum atomic E-state index is -0.160. The Labute approximate surface area is 130 Å². The third-order valence-electron chi connectivity index (χ3n) is 3.01. The minimum Gasteiger partial charge on any atom is -0.478 e. The van der Waals surface area contributed by atoms with Crippen LogP contribution in [-0.4, -0.2) is 36.6 Å². The largest absolute Gasteiger partial charge is 0.478 e. The molecular formula is C16H20N4O2. The Hall–Kier alpha value is -2.63. The first-order chi connectivity index (χ1) is 10.6. The van der Waals surface area contributed by atoms with Crippen molar-refractivity contribution in [2.45, 2.75) is 13.5 Å². The molecule has 2 aromatic heterocycles. The standard InChI is InChI=1S/C16H20N4O2/c1-4-22-15-9-12(7-8-17-15)10-19-16(21)13-5-6-14(18-11-13)20(2)3/h5-9,11H,4,10H2,1-3H3,(H,19,21). The number of pyridine rings is 2. The molecule has 2 aromatic rings. The molecule has 0 radical (unpaired) electrons. The lowest BCUT2D eigenvalue weighted by atomic mass is 10.2. The fraction of sp³-hybridized carbons (Fsp3) is 0.312. The predicted molar refractivity (Wildman–Crippen MR) is 85.1 cm³/mol. The maximum absolute atomic E-state index is 12.1. The molecule has 1 N–H and O–H groups in total. The average Bonchev–Trinajstić information content (AvgIpc) is 2.53. The van der Waals surface area contributed by atoms with E-state index in [4.69, 9.17) is 4.74 Å². The van der Waals surface area contributed by atoms with E-state index in [1.54, 1.807) is 18.5 Å². The number of nitrogens with zero attached hydrogens (tertiary/aromatic N) is 3. The minimum absolute atomic E-state index is 0.160. The molecule has 6 nitrogen and oxygen atoms in total. The fourth-order valence-electron chi connectivity index (χ4n) is 1.86. The van der Waals surface area contributed by atoms with E-state index in [9.17, 15) is 4.79 Å². The zero-order chi connectivity index (χ0) is 15.9. The molecule has 22 heavy (non-hydrogen) atoms. The lowest BCUT2D eigenvalue weighted by molar-refractivity contribution is 0.0950. The Morgan fingerprint density at radius 3 is 2.73 bits per heavy atom. The van der Waals surface area contributed by atoms with Gasteiger partial charge < -0.3 is 15.0 Å².